The second-order valence-corrected chi connectivity index (χ2v) is 13.5. The van der Waals surface area contributed by atoms with Crippen molar-refractivity contribution in [2.24, 2.45) is 5.73 Å². The van der Waals surface area contributed by atoms with E-state index in [9.17, 15) is 4.79 Å². The molecule has 0 aromatic carbocycles. The SMILES string of the molecule is CC(C)(CCc1cncc(OCCO[Si](C)(C)C(C)(C)C)c1)OC(N)=O. The van der Waals surface area contributed by atoms with E-state index in [2.05, 4.69) is 38.8 Å². The Labute approximate surface area is 158 Å². The number of carbonyl (C=O) groups excluding carboxylic acids is 1. The first kappa shape index (κ1) is 22.4. The molecule has 0 aliphatic carbocycles. The first-order valence-electron chi connectivity index (χ1n) is 9.01. The Morgan fingerprint density at radius 1 is 1.15 bits per heavy atom. The molecule has 26 heavy (non-hydrogen) atoms. The van der Waals surface area contributed by atoms with E-state index >= 15 is 0 Å². The number of primary amides is 1. The van der Waals surface area contributed by atoms with Gasteiger partial charge in [-0.2, -0.15) is 0 Å². The maximum Gasteiger partial charge on any atom is 0.405 e. The van der Waals surface area contributed by atoms with Crippen LogP contribution in [0.2, 0.25) is 18.1 Å². The number of hydrogen-bond donors (Lipinski definition) is 1. The zero-order valence-electron chi connectivity index (χ0n) is 17.2. The van der Waals surface area contributed by atoms with Gasteiger partial charge in [0.25, 0.3) is 0 Å². The largest absolute Gasteiger partial charge is 0.490 e. The van der Waals surface area contributed by atoms with Crippen molar-refractivity contribution in [3.05, 3.63) is 24.0 Å². The lowest BCUT2D eigenvalue weighted by atomic mass is 9.99. The lowest BCUT2D eigenvalue weighted by molar-refractivity contribution is 0.0394. The van der Waals surface area contributed by atoms with Crippen molar-refractivity contribution < 1.29 is 18.7 Å². The molecular formula is C19H34N2O4Si. The minimum atomic E-state index is -1.75. The summed E-state index contributed by atoms with van der Waals surface area (Å²) in [5.41, 5.74) is 5.51. The average molecular weight is 383 g/mol. The van der Waals surface area contributed by atoms with Gasteiger partial charge < -0.3 is 19.6 Å². The summed E-state index contributed by atoms with van der Waals surface area (Å²) in [6.07, 6.45) is 4.09. The molecule has 0 saturated heterocycles. The Bertz CT molecular complexity index is 597. The van der Waals surface area contributed by atoms with Crippen LogP contribution in [0.25, 0.3) is 0 Å². The van der Waals surface area contributed by atoms with Gasteiger partial charge in [-0.15, -0.1) is 0 Å². The van der Waals surface area contributed by atoms with Crippen LogP contribution in [0.4, 0.5) is 4.79 Å². The van der Waals surface area contributed by atoms with E-state index in [0.29, 0.717) is 26.1 Å². The number of nitrogens with two attached hydrogens (primary N) is 1. The Morgan fingerprint density at radius 3 is 2.38 bits per heavy atom. The Kier molecular flexibility index (Phi) is 7.65. The molecule has 0 fully saturated rings. The Morgan fingerprint density at radius 2 is 1.81 bits per heavy atom. The van der Waals surface area contributed by atoms with Crippen LogP contribution in [0.15, 0.2) is 18.5 Å². The van der Waals surface area contributed by atoms with Crippen molar-refractivity contribution in [2.75, 3.05) is 13.2 Å². The third-order valence-corrected chi connectivity index (χ3v) is 9.32. The van der Waals surface area contributed by atoms with E-state index in [1.165, 1.54) is 0 Å². The first-order valence-corrected chi connectivity index (χ1v) is 11.9. The fourth-order valence-corrected chi connectivity index (χ4v) is 3.15. The molecule has 1 amide bonds. The van der Waals surface area contributed by atoms with Crippen LogP contribution in [0.3, 0.4) is 0 Å². The molecule has 0 spiro atoms. The fourth-order valence-electron chi connectivity index (χ4n) is 2.12. The maximum absolute atomic E-state index is 10.9. The van der Waals surface area contributed by atoms with Crippen molar-refractivity contribution >= 4 is 14.4 Å². The highest BCUT2D eigenvalue weighted by Crippen LogP contribution is 2.36. The van der Waals surface area contributed by atoms with E-state index < -0.39 is 20.0 Å². The standard InChI is InChI=1S/C19H34N2O4Si/c1-18(2,3)26(6,7)24-11-10-23-16-12-15(13-21-14-16)8-9-19(4,5)25-17(20)22/h12-14H,8-11H2,1-7H3,(H2,20,22). The monoisotopic (exact) mass is 382 g/mol. The van der Waals surface area contributed by atoms with E-state index in [0.717, 1.165) is 11.3 Å². The van der Waals surface area contributed by atoms with Gasteiger partial charge in [0.2, 0.25) is 0 Å². The summed E-state index contributed by atoms with van der Waals surface area (Å²) in [4.78, 5) is 15.1. The molecule has 0 radical (unpaired) electrons. The molecule has 0 aliphatic heterocycles. The summed E-state index contributed by atoms with van der Waals surface area (Å²) in [6.45, 7) is 15.8. The van der Waals surface area contributed by atoms with Crippen molar-refractivity contribution in [2.45, 2.75) is 71.2 Å². The summed E-state index contributed by atoms with van der Waals surface area (Å²) >= 11 is 0. The predicted octanol–water partition coefficient (Wildman–Crippen LogP) is 4.29. The minimum Gasteiger partial charge on any atom is -0.490 e. The zero-order chi connectivity index (χ0) is 20.0. The molecule has 1 rings (SSSR count). The smallest absolute Gasteiger partial charge is 0.405 e. The van der Waals surface area contributed by atoms with Crippen LogP contribution in [-0.2, 0) is 15.6 Å². The molecule has 2 N–H and O–H groups in total. The van der Waals surface area contributed by atoms with Gasteiger partial charge in [0, 0.05) is 6.20 Å². The second kappa shape index (κ2) is 8.86. The molecule has 6 nitrogen and oxygen atoms in total. The van der Waals surface area contributed by atoms with Crippen LogP contribution < -0.4 is 10.5 Å². The molecule has 1 heterocycles. The summed E-state index contributed by atoms with van der Waals surface area (Å²) in [5, 5.41) is 0.189. The number of aryl methyl sites for hydroxylation is 1. The summed E-state index contributed by atoms with van der Waals surface area (Å²) in [5.74, 6) is 0.718. The quantitative estimate of drug-likeness (QED) is 0.509. The molecule has 148 valence electrons. The number of carbonyl (C=O) groups is 1. The zero-order valence-corrected chi connectivity index (χ0v) is 18.2. The highest BCUT2D eigenvalue weighted by molar-refractivity contribution is 6.74. The number of amides is 1. The summed E-state index contributed by atoms with van der Waals surface area (Å²) < 4.78 is 17.0. The van der Waals surface area contributed by atoms with E-state index in [-0.39, 0.29) is 5.04 Å². The number of aromatic nitrogens is 1. The van der Waals surface area contributed by atoms with Gasteiger partial charge in [-0.05, 0) is 56.5 Å². The Hall–Kier alpha value is -1.60. The topological polar surface area (TPSA) is 83.7 Å². The van der Waals surface area contributed by atoms with Gasteiger partial charge in [0.05, 0.1) is 12.8 Å². The molecule has 0 unspecified atom stereocenters. The van der Waals surface area contributed by atoms with Gasteiger partial charge in [-0.3, -0.25) is 4.98 Å². The van der Waals surface area contributed by atoms with Crippen LogP contribution in [-0.4, -0.2) is 38.2 Å². The normalized spacial score (nSPS) is 12.7. The fraction of sp³-hybridized carbons (Fsp3) is 0.684. The molecule has 0 saturated carbocycles. The van der Waals surface area contributed by atoms with Crippen molar-refractivity contribution in [3.63, 3.8) is 0 Å². The third kappa shape index (κ3) is 7.74. The number of pyridine rings is 1. The predicted molar refractivity (Wildman–Crippen MR) is 106 cm³/mol. The van der Waals surface area contributed by atoms with Gasteiger partial charge in [0.15, 0.2) is 8.32 Å². The number of hydrogen-bond acceptors (Lipinski definition) is 5. The average Bonchev–Trinajstić information content (AvgIpc) is 2.48. The van der Waals surface area contributed by atoms with E-state index in [4.69, 9.17) is 19.6 Å². The number of rotatable bonds is 9. The molecule has 0 bridgehead atoms. The van der Waals surface area contributed by atoms with Crippen molar-refractivity contribution in [3.8, 4) is 5.75 Å². The molecule has 7 heteroatoms. The van der Waals surface area contributed by atoms with Crippen LogP contribution >= 0.6 is 0 Å². The summed E-state index contributed by atoms with van der Waals surface area (Å²) in [6, 6.07) is 1.96. The lowest BCUT2D eigenvalue weighted by Crippen LogP contribution is -2.41. The highest BCUT2D eigenvalue weighted by Gasteiger charge is 2.36. The second-order valence-electron chi connectivity index (χ2n) is 8.67. The van der Waals surface area contributed by atoms with Gasteiger partial charge in [0.1, 0.15) is 18.0 Å². The van der Waals surface area contributed by atoms with Gasteiger partial charge >= 0.3 is 6.09 Å². The Balaban J connectivity index is 2.49. The van der Waals surface area contributed by atoms with Crippen LogP contribution in [0.5, 0.6) is 5.75 Å². The highest BCUT2D eigenvalue weighted by atomic mass is 28.4. The van der Waals surface area contributed by atoms with Gasteiger partial charge in [-0.1, -0.05) is 20.8 Å². The number of ether oxygens (including phenoxy) is 2. The third-order valence-electron chi connectivity index (χ3n) is 4.78. The van der Waals surface area contributed by atoms with Crippen molar-refractivity contribution in [1.29, 1.82) is 0 Å². The van der Waals surface area contributed by atoms with Gasteiger partial charge in [-0.25, -0.2) is 4.79 Å². The van der Waals surface area contributed by atoms with E-state index in [1.54, 1.807) is 12.4 Å². The van der Waals surface area contributed by atoms with E-state index in [1.807, 2.05) is 19.9 Å². The maximum atomic E-state index is 10.9. The number of nitrogens with zero attached hydrogens (tertiary/aromatic N) is 1. The van der Waals surface area contributed by atoms with Crippen LogP contribution in [0.1, 0.15) is 46.6 Å². The molecular weight excluding hydrogens is 348 g/mol. The lowest BCUT2D eigenvalue weighted by Gasteiger charge is -2.36. The molecule has 1 aromatic rings. The molecule has 0 atom stereocenters. The van der Waals surface area contributed by atoms with Crippen molar-refractivity contribution in [1.82, 2.24) is 4.98 Å². The summed E-state index contributed by atoms with van der Waals surface area (Å²) in [7, 11) is -1.75. The first-order chi connectivity index (χ1) is 11.8. The minimum absolute atomic E-state index is 0.189. The molecule has 1 aromatic heterocycles. The van der Waals surface area contributed by atoms with Crippen LogP contribution in [0, 0.1) is 0 Å². The molecule has 0 aliphatic rings.